The van der Waals surface area contributed by atoms with Gasteiger partial charge in [-0.15, -0.1) is 0 Å². The number of aliphatic carboxylic acids is 1. The van der Waals surface area contributed by atoms with Crippen LogP contribution in [0.4, 0.5) is 10.1 Å². The summed E-state index contributed by atoms with van der Waals surface area (Å²) in [6, 6.07) is 6.33. The first-order valence-corrected chi connectivity index (χ1v) is 8.23. The van der Waals surface area contributed by atoms with Crippen molar-refractivity contribution in [2.45, 2.75) is 12.8 Å². The van der Waals surface area contributed by atoms with Gasteiger partial charge in [0.05, 0.1) is 11.8 Å². The summed E-state index contributed by atoms with van der Waals surface area (Å²) >= 11 is 0. The fraction of sp³-hybridized carbons (Fsp3) is 0.444. The van der Waals surface area contributed by atoms with Crippen LogP contribution >= 0.6 is 0 Å². The molecule has 1 aromatic carbocycles. The molecule has 1 aliphatic carbocycles. The minimum absolute atomic E-state index is 0.0643. The highest BCUT2D eigenvalue weighted by molar-refractivity contribution is 5.85. The van der Waals surface area contributed by atoms with Crippen molar-refractivity contribution < 1.29 is 19.1 Å². The van der Waals surface area contributed by atoms with Crippen molar-refractivity contribution in [1.29, 1.82) is 0 Å². The van der Waals surface area contributed by atoms with E-state index in [1.54, 1.807) is 17.0 Å². The number of carbonyl (C=O) groups is 2. The van der Waals surface area contributed by atoms with Gasteiger partial charge >= 0.3 is 5.97 Å². The molecule has 0 bridgehead atoms. The molecule has 128 valence electrons. The first-order valence-electron chi connectivity index (χ1n) is 8.23. The number of carboxylic acids is 1. The topological polar surface area (TPSA) is 60.9 Å². The van der Waals surface area contributed by atoms with Crippen molar-refractivity contribution >= 4 is 17.6 Å². The van der Waals surface area contributed by atoms with Crippen LogP contribution in [0.25, 0.3) is 0 Å². The normalized spacial score (nSPS) is 24.0. The maximum Gasteiger partial charge on any atom is 0.307 e. The zero-order chi connectivity index (χ0) is 17.1. The van der Waals surface area contributed by atoms with Gasteiger partial charge in [-0.2, -0.15) is 0 Å². The Balaban J connectivity index is 1.61. The molecule has 0 saturated carbocycles. The van der Waals surface area contributed by atoms with E-state index in [9.17, 15) is 19.1 Å². The van der Waals surface area contributed by atoms with Crippen molar-refractivity contribution in [2.75, 3.05) is 31.1 Å². The predicted octanol–water partition coefficient (Wildman–Crippen LogP) is 2.14. The van der Waals surface area contributed by atoms with Crippen molar-refractivity contribution in [3.63, 3.8) is 0 Å². The third-order valence-electron chi connectivity index (χ3n) is 4.85. The maximum atomic E-state index is 13.0. The lowest BCUT2D eigenvalue weighted by molar-refractivity contribution is -0.150. The molecule has 1 heterocycles. The van der Waals surface area contributed by atoms with Crippen LogP contribution < -0.4 is 4.90 Å². The summed E-state index contributed by atoms with van der Waals surface area (Å²) in [5.41, 5.74) is 0.938. The summed E-state index contributed by atoms with van der Waals surface area (Å²) in [7, 11) is 0. The number of benzene rings is 1. The Morgan fingerprint density at radius 1 is 0.958 bits per heavy atom. The van der Waals surface area contributed by atoms with Gasteiger partial charge in [-0.05, 0) is 37.1 Å². The molecule has 2 atom stereocenters. The van der Waals surface area contributed by atoms with Gasteiger partial charge in [-0.3, -0.25) is 9.59 Å². The van der Waals surface area contributed by atoms with Gasteiger partial charge in [0.15, 0.2) is 0 Å². The number of allylic oxidation sites excluding steroid dienone is 2. The molecule has 24 heavy (non-hydrogen) atoms. The van der Waals surface area contributed by atoms with Gasteiger partial charge in [0.25, 0.3) is 0 Å². The molecule has 0 aromatic heterocycles. The monoisotopic (exact) mass is 332 g/mol. The largest absolute Gasteiger partial charge is 0.481 e. The van der Waals surface area contributed by atoms with Gasteiger partial charge in [-0.25, -0.2) is 4.39 Å². The van der Waals surface area contributed by atoms with E-state index in [1.807, 2.05) is 12.2 Å². The van der Waals surface area contributed by atoms with Crippen LogP contribution in [0.5, 0.6) is 0 Å². The van der Waals surface area contributed by atoms with E-state index in [0.717, 1.165) is 5.69 Å². The number of nitrogens with zero attached hydrogens (tertiary/aromatic N) is 2. The molecule has 1 aliphatic heterocycles. The van der Waals surface area contributed by atoms with E-state index >= 15 is 0 Å². The minimum Gasteiger partial charge on any atom is -0.481 e. The quantitative estimate of drug-likeness (QED) is 0.862. The highest BCUT2D eigenvalue weighted by Crippen LogP contribution is 2.28. The number of anilines is 1. The number of amides is 1. The van der Waals surface area contributed by atoms with Crippen LogP contribution in [0.15, 0.2) is 36.4 Å². The Hall–Kier alpha value is -2.37. The molecule has 5 nitrogen and oxygen atoms in total. The van der Waals surface area contributed by atoms with Crippen LogP contribution in [0.3, 0.4) is 0 Å². The van der Waals surface area contributed by atoms with Gasteiger partial charge in [0, 0.05) is 31.9 Å². The van der Waals surface area contributed by atoms with E-state index in [0.29, 0.717) is 39.0 Å². The summed E-state index contributed by atoms with van der Waals surface area (Å²) < 4.78 is 13.0. The van der Waals surface area contributed by atoms with Crippen LogP contribution in [0, 0.1) is 17.7 Å². The molecule has 3 rings (SSSR count). The summed E-state index contributed by atoms with van der Waals surface area (Å²) in [4.78, 5) is 28.0. The van der Waals surface area contributed by atoms with Crippen molar-refractivity contribution in [2.24, 2.45) is 11.8 Å². The molecule has 1 amide bonds. The summed E-state index contributed by atoms with van der Waals surface area (Å²) in [5, 5.41) is 9.33. The first kappa shape index (κ1) is 16.5. The van der Waals surface area contributed by atoms with Gasteiger partial charge in [0.2, 0.25) is 5.91 Å². The fourth-order valence-corrected chi connectivity index (χ4v) is 3.43. The van der Waals surface area contributed by atoms with Crippen LogP contribution in [-0.4, -0.2) is 48.1 Å². The molecule has 1 fully saturated rings. The van der Waals surface area contributed by atoms with Crippen molar-refractivity contribution in [3.05, 3.63) is 42.2 Å². The number of hydrogen-bond donors (Lipinski definition) is 1. The zero-order valence-corrected chi connectivity index (χ0v) is 13.4. The van der Waals surface area contributed by atoms with Gasteiger partial charge < -0.3 is 14.9 Å². The second kappa shape index (κ2) is 7.03. The molecule has 1 saturated heterocycles. The lowest BCUT2D eigenvalue weighted by Gasteiger charge is -2.38. The highest BCUT2D eigenvalue weighted by atomic mass is 19.1. The highest BCUT2D eigenvalue weighted by Gasteiger charge is 2.37. The predicted molar refractivity (Wildman–Crippen MR) is 88.2 cm³/mol. The van der Waals surface area contributed by atoms with Crippen molar-refractivity contribution in [1.82, 2.24) is 4.90 Å². The third kappa shape index (κ3) is 3.42. The molecule has 2 aliphatic rings. The van der Waals surface area contributed by atoms with Crippen LogP contribution in [0.2, 0.25) is 0 Å². The Bertz CT molecular complexity index is 636. The molecule has 0 spiro atoms. The zero-order valence-electron chi connectivity index (χ0n) is 13.4. The van der Waals surface area contributed by atoms with Crippen LogP contribution in [0.1, 0.15) is 12.8 Å². The molecular formula is C18H21FN2O3. The standard InChI is InChI=1S/C18H21FN2O3/c19-13-5-7-14(8-6-13)20-9-11-21(12-10-20)17(22)15-3-1-2-4-16(15)18(23)24/h1-2,5-8,15-16H,3-4,9-12H2,(H,23,24)/t15-,16+/m1/s1. The molecular weight excluding hydrogens is 311 g/mol. The first-order chi connectivity index (χ1) is 11.6. The molecule has 6 heteroatoms. The number of rotatable bonds is 3. The Morgan fingerprint density at radius 2 is 1.54 bits per heavy atom. The van der Waals surface area contributed by atoms with E-state index < -0.39 is 17.8 Å². The summed E-state index contributed by atoms with van der Waals surface area (Å²) in [6.07, 6.45) is 4.65. The number of piperazine rings is 1. The Kier molecular flexibility index (Phi) is 4.83. The average molecular weight is 332 g/mol. The SMILES string of the molecule is O=C(O)[C@H]1CC=CC[C@H]1C(=O)N1CCN(c2ccc(F)cc2)CC1. The number of hydrogen-bond acceptors (Lipinski definition) is 3. The molecule has 1 N–H and O–H groups in total. The summed E-state index contributed by atoms with van der Waals surface area (Å²) in [5.74, 6) is -2.33. The lowest BCUT2D eigenvalue weighted by atomic mass is 9.82. The van der Waals surface area contributed by atoms with Crippen molar-refractivity contribution in [3.8, 4) is 0 Å². The number of carbonyl (C=O) groups excluding carboxylic acids is 1. The molecule has 0 radical (unpaired) electrons. The van der Waals surface area contributed by atoms with Gasteiger partial charge in [-0.1, -0.05) is 12.2 Å². The second-order valence-corrected chi connectivity index (χ2v) is 6.28. The second-order valence-electron chi connectivity index (χ2n) is 6.28. The Morgan fingerprint density at radius 3 is 2.12 bits per heavy atom. The van der Waals surface area contributed by atoms with E-state index in [1.165, 1.54) is 12.1 Å². The van der Waals surface area contributed by atoms with Gasteiger partial charge in [0.1, 0.15) is 5.82 Å². The summed E-state index contributed by atoms with van der Waals surface area (Å²) in [6.45, 7) is 2.45. The third-order valence-corrected chi connectivity index (χ3v) is 4.85. The Labute approximate surface area is 140 Å². The lowest BCUT2D eigenvalue weighted by Crippen LogP contribution is -2.52. The minimum atomic E-state index is -0.900. The van der Waals surface area contributed by atoms with E-state index in [4.69, 9.17) is 0 Å². The van der Waals surface area contributed by atoms with E-state index in [2.05, 4.69) is 4.90 Å². The number of carboxylic acid groups (broad SMARTS) is 1. The molecule has 0 unspecified atom stereocenters. The van der Waals surface area contributed by atoms with E-state index in [-0.39, 0.29) is 11.7 Å². The molecule has 1 aromatic rings. The smallest absolute Gasteiger partial charge is 0.307 e. The number of halogens is 1. The fourth-order valence-electron chi connectivity index (χ4n) is 3.43. The van der Waals surface area contributed by atoms with Crippen LogP contribution in [-0.2, 0) is 9.59 Å². The maximum absolute atomic E-state index is 13.0. The average Bonchev–Trinajstić information content (AvgIpc) is 2.62.